The summed E-state index contributed by atoms with van der Waals surface area (Å²) in [7, 11) is 1.09. The summed E-state index contributed by atoms with van der Waals surface area (Å²) in [6, 6.07) is 2.30. The Balaban J connectivity index is 1.99. The van der Waals surface area contributed by atoms with E-state index >= 15 is 0 Å². The highest BCUT2D eigenvalue weighted by Gasteiger charge is 2.81. The number of carbonyl (C=O) groups excluding carboxylic acids is 4. The maximum Gasteiger partial charge on any atom is 0.397 e. The van der Waals surface area contributed by atoms with Gasteiger partial charge in [-0.05, 0) is 26.0 Å². The molecule has 1 saturated heterocycles. The van der Waals surface area contributed by atoms with Crippen LogP contribution in [-0.4, -0.2) is 69.1 Å². The molecular formula is C18H17NO10. The lowest BCUT2D eigenvalue weighted by molar-refractivity contribution is -0.184. The summed E-state index contributed by atoms with van der Waals surface area (Å²) < 4.78 is 15.3. The van der Waals surface area contributed by atoms with Crippen LogP contribution in [0.5, 0.6) is 11.5 Å². The van der Waals surface area contributed by atoms with Gasteiger partial charge in [0, 0.05) is 0 Å². The molecule has 2 fully saturated rings. The molecule has 1 aromatic rings. The van der Waals surface area contributed by atoms with Crippen LogP contribution in [0.1, 0.15) is 34.6 Å². The highest BCUT2D eigenvalue weighted by Crippen LogP contribution is 2.57. The lowest BCUT2D eigenvalue weighted by atomic mass is 9.77. The second kappa shape index (κ2) is 5.45. The number of nitrogens with one attached hydrogen (secondary N) is 1. The second-order valence-corrected chi connectivity index (χ2v) is 7.57. The monoisotopic (exact) mass is 407 g/mol. The van der Waals surface area contributed by atoms with Crippen molar-refractivity contribution in [2.45, 2.75) is 36.9 Å². The summed E-state index contributed by atoms with van der Waals surface area (Å²) in [5.74, 6) is -7.19. The molecule has 5 unspecified atom stereocenters. The van der Waals surface area contributed by atoms with E-state index in [2.05, 4.69) is 10.1 Å². The van der Waals surface area contributed by atoms with Crippen LogP contribution in [-0.2, 0) is 19.1 Å². The number of amides is 1. The molecule has 1 spiro atoms. The number of rotatable bonds is 1. The zero-order valence-electron chi connectivity index (χ0n) is 15.5. The maximum absolute atomic E-state index is 13.4. The fourth-order valence-electron chi connectivity index (χ4n) is 4.56. The van der Waals surface area contributed by atoms with E-state index in [-0.39, 0.29) is 11.3 Å². The number of fused-ring (bicyclic) bond motifs is 2. The molecule has 11 nitrogen and oxygen atoms in total. The third-order valence-electron chi connectivity index (χ3n) is 5.82. The third-order valence-corrected chi connectivity index (χ3v) is 5.82. The number of ketones is 1. The molecule has 1 amide bonds. The molecule has 0 radical (unpaired) electrons. The Morgan fingerprint density at radius 2 is 1.86 bits per heavy atom. The first-order chi connectivity index (χ1) is 13.4. The first-order valence-corrected chi connectivity index (χ1v) is 8.55. The molecule has 11 heteroatoms. The zero-order chi connectivity index (χ0) is 21.5. The van der Waals surface area contributed by atoms with E-state index < -0.39 is 63.9 Å². The zero-order valence-corrected chi connectivity index (χ0v) is 15.5. The number of methoxy groups -OCH3 is 1. The number of ether oxygens (including phenoxy) is 3. The van der Waals surface area contributed by atoms with Crippen molar-refractivity contribution < 1.29 is 48.7 Å². The second-order valence-electron chi connectivity index (χ2n) is 7.57. The van der Waals surface area contributed by atoms with E-state index in [1.165, 1.54) is 6.07 Å². The Morgan fingerprint density at radius 1 is 1.21 bits per heavy atom. The van der Waals surface area contributed by atoms with Crippen LogP contribution in [0.4, 0.5) is 0 Å². The predicted octanol–water partition coefficient (Wildman–Crippen LogP) is -1.38. The van der Waals surface area contributed by atoms with Crippen LogP contribution in [0.2, 0.25) is 0 Å². The molecule has 0 aromatic heterocycles. The highest BCUT2D eigenvalue weighted by molar-refractivity contribution is 6.33. The van der Waals surface area contributed by atoms with Crippen molar-refractivity contribution in [2.24, 2.45) is 5.92 Å². The third kappa shape index (κ3) is 2.08. The van der Waals surface area contributed by atoms with E-state index in [4.69, 9.17) is 9.47 Å². The number of hydrogen-bond donors (Lipinski definition) is 4. The molecular weight excluding hydrogens is 390 g/mol. The average molecular weight is 407 g/mol. The number of aliphatic hydroxyl groups is 2. The van der Waals surface area contributed by atoms with E-state index in [1.54, 1.807) is 0 Å². The predicted molar refractivity (Wildman–Crippen MR) is 89.9 cm³/mol. The molecule has 1 saturated carbocycles. The quantitative estimate of drug-likeness (QED) is 0.322. The SMILES string of the molecule is COC(=O)c1ccc2c(c1O)C(=O)C1C(C)(O)C3OC(=O)C(=O)NC1(O2)C3(C)O. The Bertz CT molecular complexity index is 997. The minimum atomic E-state index is -2.27. The first kappa shape index (κ1) is 19.2. The minimum Gasteiger partial charge on any atom is -0.506 e. The van der Waals surface area contributed by atoms with Crippen molar-refractivity contribution in [3.05, 3.63) is 23.3 Å². The van der Waals surface area contributed by atoms with Gasteiger partial charge in [-0.25, -0.2) is 9.59 Å². The summed E-state index contributed by atoms with van der Waals surface area (Å²) in [5.41, 5.74) is -7.46. The summed E-state index contributed by atoms with van der Waals surface area (Å²) in [6.45, 7) is 2.28. The largest absolute Gasteiger partial charge is 0.506 e. The fraction of sp³-hybridized carbons (Fsp3) is 0.444. The Kier molecular flexibility index (Phi) is 3.60. The van der Waals surface area contributed by atoms with Gasteiger partial charge in [0.15, 0.2) is 17.5 Å². The first-order valence-electron chi connectivity index (χ1n) is 8.55. The summed E-state index contributed by atoms with van der Waals surface area (Å²) in [6.07, 6.45) is -1.72. The van der Waals surface area contributed by atoms with Gasteiger partial charge in [0.1, 0.15) is 34.1 Å². The van der Waals surface area contributed by atoms with Crippen LogP contribution < -0.4 is 10.1 Å². The number of esters is 2. The molecule has 5 atom stereocenters. The van der Waals surface area contributed by atoms with Crippen molar-refractivity contribution in [2.75, 3.05) is 7.11 Å². The number of carbonyl (C=O) groups is 4. The van der Waals surface area contributed by atoms with Gasteiger partial charge in [-0.15, -0.1) is 0 Å². The summed E-state index contributed by atoms with van der Waals surface area (Å²) in [5, 5.41) is 34.9. The van der Waals surface area contributed by atoms with Crippen molar-refractivity contribution in [1.82, 2.24) is 5.32 Å². The molecule has 1 aromatic carbocycles. The molecule has 2 aliphatic heterocycles. The van der Waals surface area contributed by atoms with Gasteiger partial charge in [0.25, 0.3) is 0 Å². The Morgan fingerprint density at radius 3 is 2.48 bits per heavy atom. The molecule has 3 aliphatic rings. The van der Waals surface area contributed by atoms with Gasteiger partial charge in [-0.3, -0.25) is 9.59 Å². The molecule has 4 rings (SSSR count). The molecule has 2 bridgehead atoms. The lowest BCUT2D eigenvalue weighted by Gasteiger charge is -2.45. The van der Waals surface area contributed by atoms with E-state index in [0.717, 1.165) is 27.0 Å². The normalized spacial score (nSPS) is 37.5. The molecule has 1 aliphatic carbocycles. The smallest absolute Gasteiger partial charge is 0.397 e. The van der Waals surface area contributed by atoms with Gasteiger partial charge in [-0.1, -0.05) is 0 Å². The molecule has 4 N–H and O–H groups in total. The number of aromatic hydroxyl groups is 1. The van der Waals surface area contributed by atoms with Gasteiger partial charge >= 0.3 is 17.8 Å². The summed E-state index contributed by atoms with van der Waals surface area (Å²) >= 11 is 0. The van der Waals surface area contributed by atoms with Crippen LogP contribution >= 0.6 is 0 Å². The maximum atomic E-state index is 13.4. The van der Waals surface area contributed by atoms with Gasteiger partial charge < -0.3 is 34.8 Å². The van der Waals surface area contributed by atoms with Crippen LogP contribution in [0.25, 0.3) is 0 Å². The number of Topliss-reactive ketones (excluding diaryl/α,β-unsaturated/α-hetero) is 1. The van der Waals surface area contributed by atoms with E-state index in [9.17, 15) is 34.5 Å². The Hall–Kier alpha value is -3.18. The van der Waals surface area contributed by atoms with Crippen LogP contribution in [0, 0.1) is 5.92 Å². The van der Waals surface area contributed by atoms with Crippen LogP contribution in [0.3, 0.4) is 0 Å². The molecule has 29 heavy (non-hydrogen) atoms. The van der Waals surface area contributed by atoms with Crippen molar-refractivity contribution in [1.29, 1.82) is 0 Å². The number of phenolic OH excluding ortho intramolecular Hbond substituents is 1. The number of benzene rings is 1. The molecule has 154 valence electrons. The Labute approximate surface area is 163 Å². The fourth-order valence-corrected chi connectivity index (χ4v) is 4.56. The molecule has 2 heterocycles. The minimum absolute atomic E-state index is 0.275. The number of phenols is 1. The van der Waals surface area contributed by atoms with Gasteiger partial charge in [0.2, 0.25) is 5.72 Å². The number of hydrogen-bond acceptors (Lipinski definition) is 10. The van der Waals surface area contributed by atoms with Gasteiger partial charge in [0.05, 0.1) is 7.11 Å². The van der Waals surface area contributed by atoms with Crippen molar-refractivity contribution in [3.63, 3.8) is 0 Å². The van der Waals surface area contributed by atoms with E-state index in [1.807, 2.05) is 0 Å². The van der Waals surface area contributed by atoms with Crippen LogP contribution in [0.15, 0.2) is 12.1 Å². The average Bonchev–Trinajstić information content (AvgIpc) is 2.70. The lowest BCUT2D eigenvalue weighted by Crippen LogP contribution is -2.71. The standard InChI is InChI=1S/C18H17NO10/c1-16(25)11-10(21)8-7(5-4-6(9(8)20)13(23)27-3)29-18(11)17(2,26)15(16)28-14(24)12(22)19-18/h4-5,11,15,20,25-26H,1-3H3,(H,19,22). The van der Waals surface area contributed by atoms with Crippen molar-refractivity contribution in [3.8, 4) is 11.5 Å². The topological polar surface area (TPSA) is 169 Å². The van der Waals surface area contributed by atoms with Crippen molar-refractivity contribution >= 4 is 23.6 Å². The highest BCUT2D eigenvalue weighted by atomic mass is 16.6. The van der Waals surface area contributed by atoms with E-state index in [0.29, 0.717) is 0 Å². The van der Waals surface area contributed by atoms with Gasteiger partial charge in [-0.2, -0.15) is 0 Å². The summed E-state index contributed by atoms with van der Waals surface area (Å²) in [4.78, 5) is 49.3.